The highest BCUT2D eigenvalue weighted by Crippen LogP contribution is 2.25. The third-order valence-corrected chi connectivity index (χ3v) is 4.37. The molecule has 0 bridgehead atoms. The van der Waals surface area contributed by atoms with E-state index in [0.717, 1.165) is 23.6 Å². The van der Waals surface area contributed by atoms with Gasteiger partial charge in [0.15, 0.2) is 0 Å². The van der Waals surface area contributed by atoms with Crippen LogP contribution in [0, 0.1) is 6.92 Å². The molecule has 0 radical (unpaired) electrons. The van der Waals surface area contributed by atoms with Gasteiger partial charge in [-0.15, -0.1) is 0 Å². The summed E-state index contributed by atoms with van der Waals surface area (Å²) in [6, 6.07) is 3.46. The first-order valence-corrected chi connectivity index (χ1v) is 7.99. The predicted molar refractivity (Wildman–Crippen MR) is 87.7 cm³/mol. The summed E-state index contributed by atoms with van der Waals surface area (Å²) in [5.74, 6) is 1.15. The maximum absolute atomic E-state index is 12.6. The number of pyridine rings is 1. The van der Waals surface area contributed by atoms with Crippen LogP contribution in [0.1, 0.15) is 59.7 Å². The van der Waals surface area contributed by atoms with Crippen molar-refractivity contribution in [3.05, 3.63) is 51.5 Å². The molecule has 2 aromatic heterocycles. The van der Waals surface area contributed by atoms with Crippen molar-refractivity contribution in [3.8, 4) is 0 Å². The smallest absolute Gasteiger partial charge is 0.261 e. The second-order valence-corrected chi connectivity index (χ2v) is 6.50. The Balaban J connectivity index is 1.75. The van der Waals surface area contributed by atoms with Crippen molar-refractivity contribution in [2.45, 2.75) is 39.0 Å². The van der Waals surface area contributed by atoms with Gasteiger partial charge in [-0.3, -0.25) is 9.59 Å². The number of carbonyl (C=O) groups excluding carboxylic acids is 1. The predicted octanol–water partition coefficient (Wildman–Crippen LogP) is 2.16. The molecule has 0 saturated carbocycles. The number of amides is 1. The minimum absolute atomic E-state index is 0.202. The van der Waals surface area contributed by atoms with Crippen LogP contribution < -0.4 is 5.56 Å². The molecule has 0 aromatic carbocycles. The van der Waals surface area contributed by atoms with Crippen LogP contribution in [-0.4, -0.2) is 38.8 Å². The Morgan fingerprint density at radius 2 is 2.13 bits per heavy atom. The van der Waals surface area contributed by atoms with Gasteiger partial charge in [0.05, 0.1) is 0 Å². The number of nitrogens with zero attached hydrogens (tertiary/aromatic N) is 2. The molecule has 1 saturated heterocycles. The molecular formula is C17H22N4O2. The van der Waals surface area contributed by atoms with E-state index in [4.69, 9.17) is 0 Å². The van der Waals surface area contributed by atoms with Crippen LogP contribution in [0.3, 0.4) is 0 Å². The molecule has 0 unspecified atom stereocenters. The third kappa shape index (κ3) is 3.06. The molecule has 122 valence electrons. The number of likely N-dealkylation sites (tertiary alicyclic amines) is 1. The van der Waals surface area contributed by atoms with E-state index < -0.39 is 0 Å². The summed E-state index contributed by atoms with van der Waals surface area (Å²) in [6.45, 7) is 7.21. The number of carbonyl (C=O) groups is 1. The van der Waals surface area contributed by atoms with Gasteiger partial charge in [0, 0.05) is 36.6 Å². The molecule has 1 aliphatic rings. The molecule has 1 aliphatic heterocycles. The molecular weight excluding hydrogens is 292 g/mol. The largest absolute Gasteiger partial charge is 0.346 e. The molecule has 6 heteroatoms. The summed E-state index contributed by atoms with van der Waals surface area (Å²) in [7, 11) is 0. The lowest BCUT2D eigenvalue weighted by molar-refractivity contribution is 0.0788. The Labute approximate surface area is 134 Å². The Morgan fingerprint density at radius 3 is 2.74 bits per heavy atom. The van der Waals surface area contributed by atoms with Gasteiger partial charge in [-0.2, -0.15) is 0 Å². The lowest BCUT2D eigenvalue weighted by Gasteiger charge is -2.16. The molecule has 3 heterocycles. The number of hydrogen-bond donors (Lipinski definition) is 2. The fourth-order valence-electron chi connectivity index (χ4n) is 2.97. The first-order chi connectivity index (χ1) is 11.0. The fourth-order valence-corrected chi connectivity index (χ4v) is 2.97. The number of hydrogen-bond acceptors (Lipinski definition) is 3. The minimum atomic E-state index is -0.307. The van der Waals surface area contributed by atoms with E-state index in [2.05, 4.69) is 15.0 Å². The highest BCUT2D eigenvalue weighted by molar-refractivity contribution is 5.94. The monoisotopic (exact) mass is 314 g/mol. The number of aryl methyl sites for hydroxylation is 1. The van der Waals surface area contributed by atoms with Gasteiger partial charge in [0.1, 0.15) is 11.4 Å². The van der Waals surface area contributed by atoms with Crippen LogP contribution in [0.15, 0.2) is 23.1 Å². The highest BCUT2D eigenvalue weighted by atomic mass is 16.2. The molecule has 1 atom stereocenters. The molecule has 23 heavy (non-hydrogen) atoms. The second-order valence-electron chi connectivity index (χ2n) is 6.50. The Kier molecular flexibility index (Phi) is 4.07. The summed E-state index contributed by atoms with van der Waals surface area (Å²) in [6.07, 6.45) is 2.66. The Bertz CT molecular complexity index is 775. The molecule has 2 aromatic rings. The summed E-state index contributed by atoms with van der Waals surface area (Å²) < 4.78 is 0. The molecule has 3 rings (SSSR count). The van der Waals surface area contributed by atoms with Crippen LogP contribution in [0.2, 0.25) is 0 Å². The van der Waals surface area contributed by atoms with Gasteiger partial charge >= 0.3 is 0 Å². The number of H-pyrrole nitrogens is 2. The van der Waals surface area contributed by atoms with Crippen LogP contribution in [0.4, 0.5) is 0 Å². The van der Waals surface area contributed by atoms with E-state index in [9.17, 15) is 9.59 Å². The maximum atomic E-state index is 12.6. The zero-order chi connectivity index (χ0) is 16.6. The lowest BCUT2D eigenvalue weighted by atomic mass is 10.1. The van der Waals surface area contributed by atoms with Crippen molar-refractivity contribution in [1.82, 2.24) is 19.9 Å². The minimum Gasteiger partial charge on any atom is -0.346 e. The van der Waals surface area contributed by atoms with Gasteiger partial charge in [-0.1, -0.05) is 13.8 Å². The van der Waals surface area contributed by atoms with Crippen molar-refractivity contribution >= 4 is 5.91 Å². The van der Waals surface area contributed by atoms with E-state index in [1.165, 1.54) is 0 Å². The van der Waals surface area contributed by atoms with Gasteiger partial charge < -0.3 is 14.9 Å². The Hall–Kier alpha value is -2.37. The van der Waals surface area contributed by atoms with E-state index in [-0.39, 0.29) is 28.9 Å². The number of imidazole rings is 1. The SMILES string of the molecule is Cc1cnc([C@H]2CCN(C(=O)c3ccc(C(C)C)[nH]c3=O)C2)[nH]1. The van der Waals surface area contributed by atoms with Gasteiger partial charge in [-0.25, -0.2) is 4.98 Å². The van der Waals surface area contributed by atoms with Crippen molar-refractivity contribution in [1.29, 1.82) is 0 Å². The van der Waals surface area contributed by atoms with Crippen molar-refractivity contribution < 1.29 is 4.79 Å². The van der Waals surface area contributed by atoms with Crippen LogP contribution in [0.5, 0.6) is 0 Å². The standard InChI is InChI=1S/C17H22N4O2/c1-10(2)14-5-4-13(16(22)20-14)17(23)21-7-6-12(9-21)15-18-8-11(3)19-15/h4-5,8,10,12H,6-7,9H2,1-3H3,(H,18,19)(H,20,22)/t12-/m0/s1. The van der Waals surface area contributed by atoms with E-state index in [0.29, 0.717) is 13.1 Å². The molecule has 0 aliphatic carbocycles. The molecule has 1 amide bonds. The number of aromatic nitrogens is 3. The summed E-state index contributed by atoms with van der Waals surface area (Å²) in [5, 5.41) is 0. The first-order valence-electron chi connectivity index (χ1n) is 7.99. The quantitative estimate of drug-likeness (QED) is 0.911. The molecule has 2 N–H and O–H groups in total. The van der Waals surface area contributed by atoms with E-state index in [1.54, 1.807) is 17.2 Å². The number of rotatable bonds is 3. The van der Waals surface area contributed by atoms with Crippen LogP contribution in [-0.2, 0) is 0 Å². The van der Waals surface area contributed by atoms with Crippen molar-refractivity contribution in [3.63, 3.8) is 0 Å². The van der Waals surface area contributed by atoms with E-state index in [1.807, 2.05) is 26.8 Å². The Morgan fingerprint density at radius 1 is 1.35 bits per heavy atom. The van der Waals surface area contributed by atoms with Crippen LogP contribution >= 0.6 is 0 Å². The number of aromatic amines is 2. The second kappa shape index (κ2) is 6.02. The summed E-state index contributed by atoms with van der Waals surface area (Å²) >= 11 is 0. The molecule has 6 nitrogen and oxygen atoms in total. The van der Waals surface area contributed by atoms with Gasteiger partial charge in [-0.05, 0) is 31.4 Å². The highest BCUT2D eigenvalue weighted by Gasteiger charge is 2.30. The summed E-state index contributed by atoms with van der Waals surface area (Å²) in [4.78, 5) is 36.9. The van der Waals surface area contributed by atoms with Crippen molar-refractivity contribution in [2.24, 2.45) is 0 Å². The lowest BCUT2D eigenvalue weighted by Crippen LogP contribution is -2.33. The van der Waals surface area contributed by atoms with Crippen LogP contribution in [0.25, 0.3) is 0 Å². The zero-order valence-corrected chi connectivity index (χ0v) is 13.7. The number of nitrogens with one attached hydrogen (secondary N) is 2. The maximum Gasteiger partial charge on any atom is 0.261 e. The van der Waals surface area contributed by atoms with E-state index >= 15 is 0 Å². The summed E-state index contributed by atoms with van der Waals surface area (Å²) in [5.41, 5.74) is 1.77. The third-order valence-electron chi connectivity index (χ3n) is 4.37. The average Bonchev–Trinajstić information content (AvgIpc) is 3.15. The fraction of sp³-hybridized carbons (Fsp3) is 0.471. The molecule has 1 fully saturated rings. The van der Waals surface area contributed by atoms with Crippen molar-refractivity contribution in [2.75, 3.05) is 13.1 Å². The topological polar surface area (TPSA) is 81.8 Å². The average molecular weight is 314 g/mol. The van der Waals surface area contributed by atoms with Gasteiger partial charge in [0.2, 0.25) is 0 Å². The first kappa shape index (κ1) is 15.5. The normalized spacial score (nSPS) is 17.9. The zero-order valence-electron chi connectivity index (χ0n) is 13.7. The molecule has 0 spiro atoms. The van der Waals surface area contributed by atoms with Gasteiger partial charge in [0.25, 0.3) is 11.5 Å².